The summed E-state index contributed by atoms with van der Waals surface area (Å²) in [4.78, 5) is 12.0. The minimum Gasteiger partial charge on any atom is -0.483 e. The van der Waals surface area contributed by atoms with Gasteiger partial charge in [-0.1, -0.05) is 42.0 Å². The fourth-order valence-corrected chi connectivity index (χ4v) is 1.95. The van der Waals surface area contributed by atoms with Crippen LogP contribution in [0.2, 0.25) is 0 Å². The minimum absolute atomic E-state index is 0.0612. The van der Waals surface area contributed by atoms with Gasteiger partial charge in [0.15, 0.2) is 6.61 Å². The number of rotatable bonds is 6. The van der Waals surface area contributed by atoms with Crippen molar-refractivity contribution in [1.29, 1.82) is 0 Å². The molecule has 0 radical (unpaired) electrons. The molecule has 0 saturated heterocycles. The van der Waals surface area contributed by atoms with Gasteiger partial charge in [-0.25, -0.2) is 0 Å². The van der Waals surface area contributed by atoms with Crippen molar-refractivity contribution in [1.82, 2.24) is 5.32 Å². The van der Waals surface area contributed by atoms with E-state index in [1.54, 1.807) is 12.1 Å². The van der Waals surface area contributed by atoms with Crippen LogP contribution in [0.15, 0.2) is 22.7 Å². The summed E-state index contributed by atoms with van der Waals surface area (Å²) in [6.45, 7) is 5.99. The van der Waals surface area contributed by atoms with Gasteiger partial charge >= 0.3 is 0 Å². The normalized spacial score (nSPS) is 12.1. The molecule has 0 saturated carbocycles. The lowest BCUT2D eigenvalue weighted by Crippen LogP contribution is -2.39. The lowest BCUT2D eigenvalue weighted by atomic mass is 10.1. The van der Waals surface area contributed by atoms with Crippen LogP contribution in [0.4, 0.5) is 0 Å². The number of hydrogen-bond acceptors (Lipinski definition) is 3. The topological polar surface area (TPSA) is 64.3 Å². The first-order valence-electron chi connectivity index (χ1n) is 6.32. The Bertz CT molecular complexity index is 506. The lowest BCUT2D eigenvalue weighted by molar-refractivity contribution is -0.124. The number of thiocarbonyl (C=S) groups is 1. The average molecular weight is 359 g/mol. The van der Waals surface area contributed by atoms with E-state index in [9.17, 15) is 4.79 Å². The highest BCUT2D eigenvalue weighted by molar-refractivity contribution is 9.10. The number of nitrogens with two attached hydrogens (primary N) is 1. The summed E-state index contributed by atoms with van der Waals surface area (Å²) < 4.78 is 6.35. The highest BCUT2D eigenvalue weighted by Gasteiger charge is 2.13. The molecule has 0 aliphatic heterocycles. The van der Waals surface area contributed by atoms with E-state index < -0.39 is 0 Å². The second-order valence-electron chi connectivity index (χ2n) is 4.89. The second-order valence-corrected chi connectivity index (χ2v) is 6.25. The first kappa shape index (κ1) is 16.9. The van der Waals surface area contributed by atoms with Gasteiger partial charge in [0.2, 0.25) is 0 Å². The molecule has 6 heteroatoms. The molecule has 20 heavy (non-hydrogen) atoms. The molecule has 0 aliphatic carbocycles. The van der Waals surface area contributed by atoms with E-state index >= 15 is 0 Å². The zero-order chi connectivity index (χ0) is 15.3. The zero-order valence-corrected chi connectivity index (χ0v) is 14.2. The highest BCUT2D eigenvalue weighted by Crippen LogP contribution is 2.23. The van der Waals surface area contributed by atoms with Crippen molar-refractivity contribution in [3.05, 3.63) is 28.2 Å². The number of hydrogen-bond donors (Lipinski definition) is 2. The number of nitrogens with one attached hydrogen (secondary N) is 1. The maximum atomic E-state index is 11.8. The van der Waals surface area contributed by atoms with Crippen LogP contribution in [-0.2, 0) is 4.79 Å². The molecule has 1 aromatic carbocycles. The van der Waals surface area contributed by atoms with Gasteiger partial charge in [-0.15, -0.1) is 0 Å². The molecule has 110 valence electrons. The van der Waals surface area contributed by atoms with E-state index in [1.165, 1.54) is 0 Å². The molecule has 3 N–H and O–H groups in total. The third kappa shape index (κ3) is 5.09. The van der Waals surface area contributed by atoms with Gasteiger partial charge in [0.25, 0.3) is 5.91 Å². The van der Waals surface area contributed by atoms with E-state index in [-0.39, 0.29) is 23.5 Å². The van der Waals surface area contributed by atoms with Crippen LogP contribution in [0.25, 0.3) is 0 Å². The SMILES string of the molecule is CC(C)C(C)NC(=O)COc1ccc(Br)cc1C(N)=S. The van der Waals surface area contributed by atoms with Crippen molar-refractivity contribution in [2.75, 3.05) is 6.61 Å². The van der Waals surface area contributed by atoms with E-state index in [4.69, 9.17) is 22.7 Å². The van der Waals surface area contributed by atoms with Crippen molar-refractivity contribution in [3.8, 4) is 5.75 Å². The van der Waals surface area contributed by atoms with Crippen LogP contribution in [0.1, 0.15) is 26.3 Å². The van der Waals surface area contributed by atoms with Crippen molar-refractivity contribution >= 4 is 39.0 Å². The van der Waals surface area contributed by atoms with Crippen LogP contribution in [0, 0.1) is 5.92 Å². The maximum Gasteiger partial charge on any atom is 0.258 e. The molecule has 0 aliphatic rings. The Morgan fingerprint density at radius 3 is 2.65 bits per heavy atom. The lowest BCUT2D eigenvalue weighted by Gasteiger charge is -2.18. The van der Waals surface area contributed by atoms with Crippen LogP contribution in [-0.4, -0.2) is 23.5 Å². The quantitative estimate of drug-likeness (QED) is 0.767. The van der Waals surface area contributed by atoms with Crippen molar-refractivity contribution < 1.29 is 9.53 Å². The van der Waals surface area contributed by atoms with Gasteiger partial charge in [0.05, 0.1) is 5.56 Å². The summed E-state index contributed by atoms with van der Waals surface area (Å²) in [5.41, 5.74) is 6.25. The molecule has 1 atom stereocenters. The highest BCUT2D eigenvalue weighted by atomic mass is 79.9. The monoisotopic (exact) mass is 358 g/mol. The molecular formula is C14H19BrN2O2S. The molecule has 0 aromatic heterocycles. The number of halogens is 1. The Morgan fingerprint density at radius 1 is 1.45 bits per heavy atom. The number of carbonyl (C=O) groups is 1. The molecule has 0 heterocycles. The molecule has 4 nitrogen and oxygen atoms in total. The summed E-state index contributed by atoms with van der Waals surface area (Å²) in [5, 5.41) is 2.87. The Morgan fingerprint density at radius 2 is 2.10 bits per heavy atom. The molecule has 1 unspecified atom stereocenters. The fraction of sp³-hybridized carbons (Fsp3) is 0.429. The van der Waals surface area contributed by atoms with Crippen LogP contribution >= 0.6 is 28.1 Å². The Labute approximate surface area is 133 Å². The van der Waals surface area contributed by atoms with E-state index in [2.05, 4.69) is 21.2 Å². The summed E-state index contributed by atoms with van der Waals surface area (Å²) in [5.74, 6) is 0.717. The number of amides is 1. The number of carbonyl (C=O) groups excluding carboxylic acids is 1. The summed E-state index contributed by atoms with van der Waals surface area (Å²) >= 11 is 8.31. The third-order valence-corrected chi connectivity index (χ3v) is 3.67. The summed E-state index contributed by atoms with van der Waals surface area (Å²) in [6.07, 6.45) is 0. The molecule has 0 bridgehead atoms. The van der Waals surface area contributed by atoms with Crippen molar-refractivity contribution in [2.45, 2.75) is 26.8 Å². The number of benzene rings is 1. The van der Waals surface area contributed by atoms with Crippen molar-refractivity contribution in [3.63, 3.8) is 0 Å². The maximum absolute atomic E-state index is 11.8. The van der Waals surface area contributed by atoms with Gasteiger partial charge in [0.1, 0.15) is 10.7 Å². The molecular weight excluding hydrogens is 340 g/mol. The summed E-state index contributed by atoms with van der Waals surface area (Å²) in [7, 11) is 0. The zero-order valence-electron chi connectivity index (χ0n) is 11.8. The van der Waals surface area contributed by atoms with Crippen LogP contribution < -0.4 is 15.8 Å². The predicted molar refractivity (Wildman–Crippen MR) is 88.0 cm³/mol. The average Bonchev–Trinajstić information content (AvgIpc) is 2.36. The second kappa shape index (κ2) is 7.59. The fourth-order valence-electron chi connectivity index (χ4n) is 1.43. The molecule has 1 aromatic rings. The van der Waals surface area contributed by atoms with Crippen molar-refractivity contribution in [2.24, 2.45) is 11.7 Å². The standard InChI is InChI=1S/C14H19BrN2O2S/c1-8(2)9(3)17-13(18)7-19-12-5-4-10(15)6-11(12)14(16)20/h4-6,8-9H,7H2,1-3H3,(H2,16,20)(H,17,18). The largest absolute Gasteiger partial charge is 0.483 e. The van der Waals surface area contributed by atoms with Gasteiger partial charge in [-0.2, -0.15) is 0 Å². The van der Waals surface area contributed by atoms with Gasteiger partial charge in [-0.05, 0) is 31.0 Å². The van der Waals surface area contributed by atoms with Gasteiger partial charge < -0.3 is 15.8 Å². The van der Waals surface area contributed by atoms with E-state index in [0.29, 0.717) is 17.2 Å². The molecule has 1 rings (SSSR count). The number of ether oxygens (including phenoxy) is 1. The summed E-state index contributed by atoms with van der Waals surface area (Å²) in [6, 6.07) is 5.42. The minimum atomic E-state index is -0.164. The molecule has 0 fully saturated rings. The third-order valence-electron chi connectivity index (χ3n) is 2.95. The Hall–Kier alpha value is -1.14. The Kier molecular flexibility index (Phi) is 6.42. The van der Waals surface area contributed by atoms with Crippen LogP contribution in [0.3, 0.4) is 0 Å². The van der Waals surface area contributed by atoms with E-state index in [0.717, 1.165) is 4.47 Å². The first-order chi connectivity index (χ1) is 9.31. The molecule has 0 spiro atoms. The molecule has 1 amide bonds. The van der Waals surface area contributed by atoms with Crippen LogP contribution in [0.5, 0.6) is 5.75 Å². The Balaban J connectivity index is 2.66. The van der Waals surface area contributed by atoms with Gasteiger partial charge in [-0.3, -0.25) is 4.79 Å². The smallest absolute Gasteiger partial charge is 0.258 e. The first-order valence-corrected chi connectivity index (χ1v) is 7.53. The van der Waals surface area contributed by atoms with E-state index in [1.807, 2.05) is 26.8 Å². The van der Waals surface area contributed by atoms with Gasteiger partial charge in [0, 0.05) is 10.5 Å². The predicted octanol–water partition coefficient (Wildman–Crippen LogP) is 2.62.